The lowest BCUT2D eigenvalue weighted by Crippen LogP contribution is -2.59. The quantitative estimate of drug-likeness (QED) is 0.745. The van der Waals surface area contributed by atoms with E-state index < -0.39 is 11.5 Å². The van der Waals surface area contributed by atoms with E-state index in [-0.39, 0.29) is 17.4 Å². The van der Waals surface area contributed by atoms with E-state index in [0.717, 1.165) is 25.7 Å². The lowest BCUT2D eigenvalue weighted by Gasteiger charge is -2.36. The molecule has 6 nitrogen and oxygen atoms in total. The van der Waals surface area contributed by atoms with Gasteiger partial charge in [-0.1, -0.05) is 26.2 Å². The molecule has 2 rings (SSSR count). The summed E-state index contributed by atoms with van der Waals surface area (Å²) in [6, 6.07) is 5.72. The van der Waals surface area contributed by atoms with Crippen LogP contribution in [0.1, 0.15) is 66.2 Å². The minimum Gasteiger partial charge on any atom is -0.478 e. The van der Waals surface area contributed by atoms with Crippen LogP contribution in [-0.4, -0.2) is 35.0 Å². The van der Waals surface area contributed by atoms with Crippen molar-refractivity contribution >= 4 is 17.8 Å². The van der Waals surface area contributed by atoms with E-state index in [9.17, 15) is 14.4 Å². The molecule has 1 aromatic rings. The Bertz CT molecular complexity index is 604. The SMILES string of the molecule is CCCNC(=O)C1(NC(=O)c2ccc(C(=O)O)cc2)CCCCC1. The van der Waals surface area contributed by atoms with Crippen molar-refractivity contribution in [3.05, 3.63) is 35.4 Å². The van der Waals surface area contributed by atoms with Gasteiger partial charge in [0.1, 0.15) is 5.54 Å². The smallest absolute Gasteiger partial charge is 0.335 e. The van der Waals surface area contributed by atoms with Gasteiger partial charge < -0.3 is 15.7 Å². The van der Waals surface area contributed by atoms with Gasteiger partial charge in [-0.15, -0.1) is 0 Å². The summed E-state index contributed by atoms with van der Waals surface area (Å²) in [5, 5.41) is 14.7. The number of aromatic carboxylic acids is 1. The highest BCUT2D eigenvalue weighted by Crippen LogP contribution is 2.29. The van der Waals surface area contributed by atoms with Crippen LogP contribution in [0.15, 0.2) is 24.3 Å². The zero-order chi connectivity index (χ0) is 17.6. The Morgan fingerprint density at radius 1 is 1.04 bits per heavy atom. The predicted octanol–water partition coefficient (Wildman–Crippen LogP) is 2.34. The van der Waals surface area contributed by atoms with Crippen molar-refractivity contribution in [3.8, 4) is 0 Å². The first-order chi connectivity index (χ1) is 11.5. The molecular formula is C18H24N2O4. The molecule has 0 aromatic heterocycles. The molecule has 1 fully saturated rings. The van der Waals surface area contributed by atoms with Crippen molar-refractivity contribution in [2.75, 3.05) is 6.54 Å². The van der Waals surface area contributed by atoms with Gasteiger partial charge in [0, 0.05) is 12.1 Å². The molecule has 0 saturated heterocycles. The highest BCUT2D eigenvalue weighted by molar-refractivity contribution is 6.00. The van der Waals surface area contributed by atoms with E-state index in [2.05, 4.69) is 10.6 Å². The number of carboxylic acids is 1. The molecule has 130 valence electrons. The molecular weight excluding hydrogens is 308 g/mol. The van der Waals surface area contributed by atoms with E-state index >= 15 is 0 Å². The van der Waals surface area contributed by atoms with Crippen LogP contribution in [0, 0.1) is 0 Å². The number of hydrogen-bond acceptors (Lipinski definition) is 3. The summed E-state index contributed by atoms with van der Waals surface area (Å²) in [6.45, 7) is 2.57. The monoisotopic (exact) mass is 332 g/mol. The Morgan fingerprint density at radius 3 is 2.17 bits per heavy atom. The van der Waals surface area contributed by atoms with Gasteiger partial charge in [0.05, 0.1) is 5.56 Å². The molecule has 1 saturated carbocycles. The Balaban J connectivity index is 2.14. The molecule has 3 N–H and O–H groups in total. The maximum absolute atomic E-state index is 12.6. The fourth-order valence-corrected chi connectivity index (χ4v) is 3.03. The second-order valence-electron chi connectivity index (χ2n) is 6.24. The maximum Gasteiger partial charge on any atom is 0.335 e. The van der Waals surface area contributed by atoms with Crippen molar-refractivity contribution in [2.45, 2.75) is 51.0 Å². The van der Waals surface area contributed by atoms with Gasteiger partial charge in [-0.2, -0.15) is 0 Å². The topological polar surface area (TPSA) is 95.5 Å². The molecule has 1 aliphatic rings. The van der Waals surface area contributed by atoms with E-state index in [4.69, 9.17) is 5.11 Å². The first kappa shape index (κ1) is 18.0. The van der Waals surface area contributed by atoms with E-state index in [0.29, 0.717) is 24.9 Å². The highest BCUT2D eigenvalue weighted by Gasteiger charge is 2.40. The molecule has 24 heavy (non-hydrogen) atoms. The minimum atomic E-state index is -1.04. The van der Waals surface area contributed by atoms with Crippen LogP contribution in [0.2, 0.25) is 0 Å². The third-order valence-electron chi connectivity index (χ3n) is 4.42. The zero-order valence-electron chi connectivity index (χ0n) is 13.9. The Kier molecular flexibility index (Phi) is 5.95. The van der Waals surface area contributed by atoms with Gasteiger partial charge in [-0.3, -0.25) is 9.59 Å². The summed E-state index contributed by atoms with van der Waals surface area (Å²) >= 11 is 0. The van der Waals surface area contributed by atoms with E-state index in [1.165, 1.54) is 24.3 Å². The molecule has 0 heterocycles. The lowest BCUT2D eigenvalue weighted by molar-refractivity contribution is -0.128. The summed E-state index contributed by atoms with van der Waals surface area (Å²) in [7, 11) is 0. The highest BCUT2D eigenvalue weighted by atomic mass is 16.4. The average Bonchev–Trinajstić information content (AvgIpc) is 2.60. The lowest BCUT2D eigenvalue weighted by atomic mass is 9.80. The van der Waals surface area contributed by atoms with Crippen LogP contribution < -0.4 is 10.6 Å². The largest absolute Gasteiger partial charge is 0.478 e. The number of benzene rings is 1. The molecule has 0 bridgehead atoms. The van der Waals surface area contributed by atoms with Gasteiger partial charge in [0.15, 0.2) is 0 Å². The van der Waals surface area contributed by atoms with Crippen molar-refractivity contribution in [1.82, 2.24) is 10.6 Å². The van der Waals surface area contributed by atoms with Gasteiger partial charge in [0.2, 0.25) is 5.91 Å². The zero-order valence-corrected chi connectivity index (χ0v) is 13.9. The predicted molar refractivity (Wildman–Crippen MR) is 90.0 cm³/mol. The molecule has 0 spiro atoms. The average molecular weight is 332 g/mol. The van der Waals surface area contributed by atoms with Crippen LogP contribution in [-0.2, 0) is 4.79 Å². The summed E-state index contributed by atoms with van der Waals surface area (Å²) in [5.74, 6) is -1.51. The standard InChI is InChI=1S/C18H24N2O4/c1-2-12-19-17(24)18(10-4-3-5-11-18)20-15(21)13-6-8-14(9-7-13)16(22)23/h6-9H,2-5,10-12H2,1H3,(H,19,24)(H,20,21)(H,22,23). The first-order valence-corrected chi connectivity index (χ1v) is 8.43. The van der Waals surface area contributed by atoms with Crippen molar-refractivity contribution in [3.63, 3.8) is 0 Å². The molecule has 0 aliphatic heterocycles. The summed E-state index contributed by atoms with van der Waals surface area (Å²) in [4.78, 5) is 36.0. The minimum absolute atomic E-state index is 0.125. The van der Waals surface area contributed by atoms with E-state index in [1.54, 1.807) is 0 Å². The maximum atomic E-state index is 12.6. The van der Waals surface area contributed by atoms with Gasteiger partial charge in [0.25, 0.3) is 5.91 Å². The number of amides is 2. The molecule has 1 aromatic carbocycles. The molecule has 0 unspecified atom stereocenters. The van der Waals surface area contributed by atoms with Crippen molar-refractivity contribution in [2.24, 2.45) is 0 Å². The van der Waals surface area contributed by atoms with Crippen LogP contribution in [0.5, 0.6) is 0 Å². The number of carboxylic acid groups (broad SMARTS) is 1. The second kappa shape index (κ2) is 7.95. The van der Waals surface area contributed by atoms with Crippen molar-refractivity contribution < 1.29 is 19.5 Å². The number of hydrogen-bond donors (Lipinski definition) is 3. The van der Waals surface area contributed by atoms with Crippen LogP contribution >= 0.6 is 0 Å². The fraction of sp³-hybridized carbons (Fsp3) is 0.500. The van der Waals surface area contributed by atoms with Gasteiger partial charge in [-0.05, 0) is 43.5 Å². The molecule has 0 atom stereocenters. The molecule has 0 radical (unpaired) electrons. The third-order valence-corrected chi connectivity index (χ3v) is 4.42. The molecule has 2 amide bonds. The number of nitrogens with one attached hydrogen (secondary N) is 2. The third kappa shape index (κ3) is 4.13. The summed E-state index contributed by atoms with van der Waals surface area (Å²) in [6.07, 6.45) is 4.96. The Labute approximate surface area is 141 Å². The number of carbonyl (C=O) groups excluding carboxylic acids is 2. The Morgan fingerprint density at radius 2 is 1.62 bits per heavy atom. The second-order valence-corrected chi connectivity index (χ2v) is 6.24. The van der Waals surface area contributed by atoms with Crippen LogP contribution in [0.25, 0.3) is 0 Å². The van der Waals surface area contributed by atoms with Gasteiger partial charge >= 0.3 is 5.97 Å². The summed E-state index contributed by atoms with van der Waals surface area (Å²) < 4.78 is 0. The Hall–Kier alpha value is -2.37. The van der Waals surface area contributed by atoms with E-state index in [1.807, 2.05) is 6.92 Å². The van der Waals surface area contributed by atoms with Crippen LogP contribution in [0.4, 0.5) is 0 Å². The van der Waals surface area contributed by atoms with Crippen LogP contribution in [0.3, 0.4) is 0 Å². The van der Waals surface area contributed by atoms with Crippen molar-refractivity contribution in [1.29, 1.82) is 0 Å². The normalized spacial score (nSPS) is 16.2. The van der Waals surface area contributed by atoms with Gasteiger partial charge in [-0.25, -0.2) is 4.79 Å². The number of carbonyl (C=O) groups is 3. The first-order valence-electron chi connectivity index (χ1n) is 8.43. The fourth-order valence-electron chi connectivity index (χ4n) is 3.03. The number of rotatable bonds is 6. The molecule has 1 aliphatic carbocycles. The molecule has 6 heteroatoms. The summed E-state index contributed by atoms with van der Waals surface area (Å²) in [5.41, 5.74) is -0.386.